The molecule has 1 amide bonds. The van der Waals surface area contributed by atoms with E-state index in [4.69, 9.17) is 15.2 Å². The van der Waals surface area contributed by atoms with Gasteiger partial charge in [0, 0.05) is 13.1 Å². The standard InChI is InChI=1S/C19H22N2O3/c20-13-16(15-4-2-1-3-5-15)19(22)21-9-8-14-6-7-17-18(12-14)24-11-10-23-17/h1-7,12,16H,8-11,13,20H2,(H,21,22). The summed E-state index contributed by atoms with van der Waals surface area (Å²) in [6.45, 7) is 2.01. The highest BCUT2D eigenvalue weighted by atomic mass is 16.6. The van der Waals surface area contributed by atoms with Gasteiger partial charge in [-0.05, 0) is 29.7 Å². The number of fused-ring (bicyclic) bond motifs is 1. The number of hydrogen-bond acceptors (Lipinski definition) is 4. The third kappa shape index (κ3) is 3.86. The Morgan fingerprint density at radius 1 is 1.08 bits per heavy atom. The molecule has 5 nitrogen and oxygen atoms in total. The fraction of sp³-hybridized carbons (Fsp3) is 0.316. The highest BCUT2D eigenvalue weighted by molar-refractivity contribution is 5.83. The molecule has 24 heavy (non-hydrogen) atoms. The zero-order valence-corrected chi connectivity index (χ0v) is 13.5. The van der Waals surface area contributed by atoms with Gasteiger partial charge in [0.25, 0.3) is 0 Å². The van der Waals surface area contributed by atoms with E-state index in [0.717, 1.165) is 29.0 Å². The molecule has 0 spiro atoms. The van der Waals surface area contributed by atoms with E-state index in [9.17, 15) is 4.79 Å². The fourth-order valence-corrected chi connectivity index (χ4v) is 2.78. The molecule has 1 heterocycles. The van der Waals surface area contributed by atoms with Crippen molar-refractivity contribution in [2.45, 2.75) is 12.3 Å². The van der Waals surface area contributed by atoms with E-state index in [1.807, 2.05) is 48.5 Å². The van der Waals surface area contributed by atoms with E-state index in [1.54, 1.807) is 0 Å². The molecule has 1 aliphatic rings. The summed E-state index contributed by atoms with van der Waals surface area (Å²) in [6, 6.07) is 15.5. The van der Waals surface area contributed by atoms with E-state index in [1.165, 1.54) is 0 Å². The van der Waals surface area contributed by atoms with Gasteiger partial charge in [-0.2, -0.15) is 0 Å². The lowest BCUT2D eigenvalue weighted by Crippen LogP contribution is -2.34. The van der Waals surface area contributed by atoms with E-state index < -0.39 is 0 Å². The third-order valence-electron chi connectivity index (χ3n) is 4.07. The van der Waals surface area contributed by atoms with Crippen LogP contribution in [0.15, 0.2) is 48.5 Å². The van der Waals surface area contributed by atoms with Crippen LogP contribution in [-0.4, -0.2) is 32.2 Å². The summed E-state index contributed by atoms with van der Waals surface area (Å²) in [4.78, 5) is 12.4. The summed E-state index contributed by atoms with van der Waals surface area (Å²) in [5.41, 5.74) is 7.82. The van der Waals surface area contributed by atoms with Crippen molar-refractivity contribution in [3.05, 3.63) is 59.7 Å². The first-order valence-corrected chi connectivity index (χ1v) is 8.19. The van der Waals surface area contributed by atoms with Crippen molar-refractivity contribution in [2.75, 3.05) is 26.3 Å². The van der Waals surface area contributed by atoms with Gasteiger partial charge in [-0.3, -0.25) is 4.79 Å². The molecule has 0 saturated heterocycles. The second kappa shape index (κ2) is 7.84. The number of amides is 1. The molecule has 1 atom stereocenters. The molecule has 2 aromatic carbocycles. The second-order valence-corrected chi connectivity index (χ2v) is 5.72. The molecule has 0 fully saturated rings. The molecule has 1 aliphatic heterocycles. The van der Waals surface area contributed by atoms with Gasteiger partial charge >= 0.3 is 0 Å². The number of nitrogens with one attached hydrogen (secondary N) is 1. The Balaban J connectivity index is 1.55. The summed E-state index contributed by atoms with van der Waals surface area (Å²) in [5, 5.41) is 2.97. The van der Waals surface area contributed by atoms with Crippen molar-refractivity contribution >= 4 is 5.91 Å². The molecule has 0 aromatic heterocycles. The smallest absolute Gasteiger partial charge is 0.228 e. The predicted octanol–water partition coefficient (Wildman–Crippen LogP) is 1.86. The molecule has 3 rings (SSSR count). The zero-order chi connectivity index (χ0) is 16.8. The Morgan fingerprint density at radius 3 is 2.58 bits per heavy atom. The molecular formula is C19H22N2O3. The average Bonchev–Trinajstić information content (AvgIpc) is 2.63. The Labute approximate surface area is 141 Å². The van der Waals surface area contributed by atoms with Crippen molar-refractivity contribution in [2.24, 2.45) is 5.73 Å². The largest absolute Gasteiger partial charge is 0.486 e. The van der Waals surface area contributed by atoms with Crippen molar-refractivity contribution in [3.8, 4) is 11.5 Å². The minimum absolute atomic E-state index is 0.0405. The van der Waals surface area contributed by atoms with Crippen LogP contribution in [0.4, 0.5) is 0 Å². The number of carbonyl (C=O) groups is 1. The number of benzene rings is 2. The first-order chi connectivity index (χ1) is 11.8. The van der Waals surface area contributed by atoms with Gasteiger partial charge in [-0.1, -0.05) is 36.4 Å². The molecule has 0 aliphatic carbocycles. The molecule has 1 unspecified atom stereocenters. The van der Waals surface area contributed by atoms with Crippen molar-refractivity contribution in [3.63, 3.8) is 0 Å². The normalized spacial score (nSPS) is 14.0. The van der Waals surface area contributed by atoms with Gasteiger partial charge in [0.15, 0.2) is 11.5 Å². The minimum atomic E-state index is -0.313. The molecule has 3 N–H and O–H groups in total. The highest BCUT2D eigenvalue weighted by Gasteiger charge is 2.18. The SMILES string of the molecule is NCC(C(=O)NCCc1ccc2c(c1)OCCO2)c1ccccc1. The van der Waals surface area contributed by atoms with Crippen LogP contribution >= 0.6 is 0 Å². The van der Waals surface area contributed by atoms with Gasteiger partial charge in [0.2, 0.25) is 5.91 Å². The first kappa shape index (κ1) is 16.3. The van der Waals surface area contributed by atoms with Crippen LogP contribution < -0.4 is 20.5 Å². The topological polar surface area (TPSA) is 73.6 Å². The average molecular weight is 326 g/mol. The number of ether oxygens (including phenoxy) is 2. The van der Waals surface area contributed by atoms with Crippen LogP contribution in [0.2, 0.25) is 0 Å². The summed E-state index contributed by atoms with van der Waals surface area (Å²) < 4.78 is 11.1. The summed E-state index contributed by atoms with van der Waals surface area (Å²) >= 11 is 0. The minimum Gasteiger partial charge on any atom is -0.486 e. The lowest BCUT2D eigenvalue weighted by Gasteiger charge is -2.19. The summed E-state index contributed by atoms with van der Waals surface area (Å²) in [6.07, 6.45) is 0.731. The van der Waals surface area contributed by atoms with Crippen LogP contribution in [0, 0.1) is 0 Å². The molecule has 5 heteroatoms. The van der Waals surface area contributed by atoms with Gasteiger partial charge < -0.3 is 20.5 Å². The van der Waals surface area contributed by atoms with Gasteiger partial charge in [-0.15, -0.1) is 0 Å². The zero-order valence-electron chi connectivity index (χ0n) is 13.5. The first-order valence-electron chi connectivity index (χ1n) is 8.19. The van der Waals surface area contributed by atoms with Crippen LogP contribution in [0.25, 0.3) is 0 Å². The number of rotatable bonds is 6. The molecule has 126 valence electrons. The lowest BCUT2D eigenvalue weighted by atomic mass is 9.98. The Hall–Kier alpha value is -2.53. The van der Waals surface area contributed by atoms with Crippen molar-refractivity contribution in [1.29, 1.82) is 0 Å². The van der Waals surface area contributed by atoms with Gasteiger partial charge in [0.1, 0.15) is 13.2 Å². The van der Waals surface area contributed by atoms with E-state index in [-0.39, 0.29) is 11.8 Å². The molecular weight excluding hydrogens is 304 g/mol. The molecule has 0 saturated carbocycles. The Bertz CT molecular complexity index is 688. The van der Waals surface area contributed by atoms with Crippen molar-refractivity contribution < 1.29 is 14.3 Å². The molecule has 0 bridgehead atoms. The van der Waals surface area contributed by atoms with Crippen LogP contribution in [0.3, 0.4) is 0 Å². The third-order valence-corrected chi connectivity index (χ3v) is 4.07. The van der Waals surface area contributed by atoms with E-state index in [0.29, 0.717) is 26.3 Å². The second-order valence-electron chi connectivity index (χ2n) is 5.72. The molecule has 2 aromatic rings. The number of carbonyl (C=O) groups excluding carboxylic acids is 1. The Morgan fingerprint density at radius 2 is 1.83 bits per heavy atom. The van der Waals surface area contributed by atoms with E-state index >= 15 is 0 Å². The van der Waals surface area contributed by atoms with Gasteiger partial charge in [-0.25, -0.2) is 0 Å². The molecule has 0 radical (unpaired) electrons. The summed E-state index contributed by atoms with van der Waals surface area (Å²) in [5.74, 6) is 1.20. The van der Waals surface area contributed by atoms with Crippen LogP contribution in [-0.2, 0) is 11.2 Å². The predicted molar refractivity (Wildman–Crippen MR) is 92.4 cm³/mol. The van der Waals surface area contributed by atoms with Crippen LogP contribution in [0.1, 0.15) is 17.0 Å². The van der Waals surface area contributed by atoms with E-state index in [2.05, 4.69) is 5.32 Å². The summed E-state index contributed by atoms with van der Waals surface area (Å²) in [7, 11) is 0. The van der Waals surface area contributed by atoms with Gasteiger partial charge in [0.05, 0.1) is 5.92 Å². The lowest BCUT2D eigenvalue weighted by molar-refractivity contribution is -0.122. The Kier molecular flexibility index (Phi) is 5.33. The quantitative estimate of drug-likeness (QED) is 0.850. The van der Waals surface area contributed by atoms with Crippen LogP contribution in [0.5, 0.6) is 11.5 Å². The number of hydrogen-bond donors (Lipinski definition) is 2. The van der Waals surface area contributed by atoms with Crippen molar-refractivity contribution in [1.82, 2.24) is 5.32 Å². The maximum absolute atomic E-state index is 12.4. The monoisotopic (exact) mass is 326 g/mol. The maximum Gasteiger partial charge on any atom is 0.228 e. The number of nitrogens with two attached hydrogens (primary N) is 1. The maximum atomic E-state index is 12.4. The fourth-order valence-electron chi connectivity index (χ4n) is 2.78. The highest BCUT2D eigenvalue weighted by Crippen LogP contribution is 2.30.